The number of amides is 1. The molecule has 0 atom stereocenters. The van der Waals surface area contributed by atoms with E-state index in [1.807, 2.05) is 30.3 Å². The minimum atomic E-state index is -0.150. The Morgan fingerprint density at radius 3 is 2.65 bits per heavy atom. The van der Waals surface area contributed by atoms with Crippen LogP contribution in [-0.4, -0.2) is 54.7 Å². The molecule has 31 heavy (non-hydrogen) atoms. The third-order valence-corrected chi connectivity index (χ3v) is 4.95. The summed E-state index contributed by atoms with van der Waals surface area (Å²) < 4.78 is 11.0. The second kappa shape index (κ2) is 9.29. The molecule has 0 radical (unpaired) electrons. The van der Waals surface area contributed by atoms with Crippen molar-refractivity contribution in [3.05, 3.63) is 60.4 Å². The Bertz CT molecular complexity index is 1040. The summed E-state index contributed by atoms with van der Waals surface area (Å²) in [6.07, 6.45) is 1.48. The number of hydrogen-bond donors (Lipinski definition) is 2. The molecule has 0 aliphatic carbocycles. The molecule has 9 heteroatoms. The van der Waals surface area contributed by atoms with Crippen molar-refractivity contribution in [3.63, 3.8) is 0 Å². The quantitative estimate of drug-likeness (QED) is 0.573. The molecule has 1 aromatic heterocycles. The molecule has 2 aromatic carbocycles. The van der Waals surface area contributed by atoms with E-state index in [4.69, 9.17) is 9.47 Å². The Morgan fingerprint density at radius 1 is 1.13 bits per heavy atom. The molecular weight excluding hydrogens is 396 g/mol. The van der Waals surface area contributed by atoms with E-state index in [9.17, 15) is 4.79 Å². The largest absolute Gasteiger partial charge is 0.497 e. The third-order valence-electron chi connectivity index (χ3n) is 4.95. The molecular formula is C22H24N6O3. The average molecular weight is 420 g/mol. The van der Waals surface area contributed by atoms with Gasteiger partial charge in [0.1, 0.15) is 17.8 Å². The summed E-state index contributed by atoms with van der Waals surface area (Å²) >= 11 is 0. The first-order valence-corrected chi connectivity index (χ1v) is 9.94. The zero-order valence-electron chi connectivity index (χ0n) is 17.4. The average Bonchev–Trinajstić information content (AvgIpc) is 2.78. The Labute approximate surface area is 180 Å². The highest BCUT2D eigenvalue weighted by Gasteiger charge is 2.29. The zero-order chi connectivity index (χ0) is 21.6. The van der Waals surface area contributed by atoms with Gasteiger partial charge in [0.05, 0.1) is 13.7 Å². The Morgan fingerprint density at radius 2 is 1.90 bits per heavy atom. The van der Waals surface area contributed by atoms with Gasteiger partial charge >= 0.3 is 0 Å². The highest BCUT2D eigenvalue weighted by Crippen LogP contribution is 2.24. The van der Waals surface area contributed by atoms with E-state index in [2.05, 4.69) is 30.5 Å². The SMILES string of the molecule is CNC(=O)c1cccc(Nc2ncnc(N3CC(COc4ccc(OC)cc4)C3)n2)c1. The van der Waals surface area contributed by atoms with Crippen molar-refractivity contribution in [1.29, 1.82) is 0 Å². The van der Waals surface area contributed by atoms with E-state index < -0.39 is 0 Å². The van der Waals surface area contributed by atoms with Gasteiger partial charge in [-0.2, -0.15) is 4.98 Å². The molecule has 9 nitrogen and oxygen atoms in total. The summed E-state index contributed by atoms with van der Waals surface area (Å²) in [6, 6.07) is 14.7. The first-order valence-electron chi connectivity index (χ1n) is 9.94. The highest BCUT2D eigenvalue weighted by molar-refractivity contribution is 5.95. The summed E-state index contributed by atoms with van der Waals surface area (Å²) in [5, 5.41) is 5.74. The number of nitrogens with one attached hydrogen (secondary N) is 2. The maximum atomic E-state index is 11.8. The van der Waals surface area contributed by atoms with E-state index in [1.54, 1.807) is 32.4 Å². The first kappa shape index (κ1) is 20.4. The maximum Gasteiger partial charge on any atom is 0.251 e. The molecule has 1 aliphatic rings. The van der Waals surface area contributed by atoms with Crippen LogP contribution in [0.1, 0.15) is 10.4 Å². The summed E-state index contributed by atoms with van der Waals surface area (Å²) in [5.41, 5.74) is 1.29. The maximum absolute atomic E-state index is 11.8. The Kier molecular flexibility index (Phi) is 6.11. The van der Waals surface area contributed by atoms with Crippen molar-refractivity contribution in [2.45, 2.75) is 0 Å². The van der Waals surface area contributed by atoms with E-state index >= 15 is 0 Å². The normalized spacial score (nSPS) is 13.3. The van der Waals surface area contributed by atoms with Crippen LogP contribution in [0.15, 0.2) is 54.9 Å². The lowest BCUT2D eigenvalue weighted by Crippen LogP contribution is -2.50. The second-order valence-corrected chi connectivity index (χ2v) is 7.15. The predicted octanol–water partition coefficient (Wildman–Crippen LogP) is 2.50. The first-order chi connectivity index (χ1) is 15.1. The lowest BCUT2D eigenvalue weighted by Gasteiger charge is -2.38. The number of anilines is 3. The lowest BCUT2D eigenvalue weighted by atomic mass is 10.0. The van der Waals surface area contributed by atoms with Crippen molar-refractivity contribution >= 4 is 23.5 Å². The van der Waals surface area contributed by atoms with E-state index in [0.717, 1.165) is 30.3 Å². The van der Waals surface area contributed by atoms with Crippen LogP contribution >= 0.6 is 0 Å². The zero-order valence-corrected chi connectivity index (χ0v) is 17.4. The summed E-state index contributed by atoms with van der Waals surface area (Å²) in [7, 11) is 3.24. The van der Waals surface area contributed by atoms with Crippen LogP contribution in [0.3, 0.4) is 0 Å². The minimum absolute atomic E-state index is 0.150. The van der Waals surface area contributed by atoms with Gasteiger partial charge in [0.15, 0.2) is 0 Å². The van der Waals surface area contributed by atoms with Gasteiger partial charge in [0.2, 0.25) is 11.9 Å². The molecule has 2 heterocycles. The van der Waals surface area contributed by atoms with Gasteiger partial charge in [-0.25, -0.2) is 9.97 Å². The van der Waals surface area contributed by atoms with Gasteiger partial charge in [-0.3, -0.25) is 4.79 Å². The van der Waals surface area contributed by atoms with Crippen LogP contribution in [0.2, 0.25) is 0 Å². The molecule has 1 saturated heterocycles. The fourth-order valence-corrected chi connectivity index (χ4v) is 3.24. The van der Waals surface area contributed by atoms with Gasteiger partial charge < -0.3 is 25.0 Å². The van der Waals surface area contributed by atoms with E-state index in [-0.39, 0.29) is 5.91 Å². The van der Waals surface area contributed by atoms with Crippen LogP contribution in [0.4, 0.5) is 17.6 Å². The van der Waals surface area contributed by atoms with Crippen LogP contribution in [-0.2, 0) is 0 Å². The van der Waals surface area contributed by atoms with Crippen LogP contribution in [0, 0.1) is 5.92 Å². The number of methoxy groups -OCH3 is 1. The van der Waals surface area contributed by atoms with Crippen molar-refractivity contribution in [1.82, 2.24) is 20.3 Å². The lowest BCUT2D eigenvalue weighted by molar-refractivity contribution is 0.0963. The minimum Gasteiger partial charge on any atom is -0.497 e. The van der Waals surface area contributed by atoms with E-state index in [0.29, 0.717) is 30.0 Å². The number of aromatic nitrogens is 3. The van der Waals surface area contributed by atoms with Gasteiger partial charge in [-0.05, 0) is 42.5 Å². The monoisotopic (exact) mass is 420 g/mol. The fourth-order valence-electron chi connectivity index (χ4n) is 3.24. The van der Waals surface area contributed by atoms with Crippen molar-refractivity contribution in [2.75, 3.05) is 44.1 Å². The van der Waals surface area contributed by atoms with Crippen LogP contribution in [0.25, 0.3) is 0 Å². The van der Waals surface area contributed by atoms with Gasteiger partial charge in [-0.15, -0.1) is 0 Å². The van der Waals surface area contributed by atoms with Crippen molar-refractivity contribution < 1.29 is 14.3 Å². The van der Waals surface area contributed by atoms with Crippen molar-refractivity contribution in [2.24, 2.45) is 5.92 Å². The molecule has 0 saturated carbocycles. The molecule has 0 unspecified atom stereocenters. The molecule has 1 amide bonds. The molecule has 0 spiro atoms. The van der Waals surface area contributed by atoms with E-state index in [1.165, 1.54) is 6.33 Å². The number of nitrogens with zero attached hydrogens (tertiary/aromatic N) is 4. The molecule has 4 rings (SSSR count). The van der Waals surface area contributed by atoms with Gasteiger partial charge in [0.25, 0.3) is 5.91 Å². The molecule has 0 bridgehead atoms. The number of rotatable bonds is 8. The topological polar surface area (TPSA) is 102 Å². The number of carbonyl (C=O) groups excluding carboxylic acids is 1. The molecule has 3 aromatic rings. The second-order valence-electron chi connectivity index (χ2n) is 7.15. The third kappa shape index (κ3) is 5.00. The fraction of sp³-hybridized carbons (Fsp3) is 0.273. The predicted molar refractivity (Wildman–Crippen MR) is 117 cm³/mol. The summed E-state index contributed by atoms with van der Waals surface area (Å²) in [4.78, 5) is 26.8. The number of carbonyl (C=O) groups is 1. The number of ether oxygens (including phenoxy) is 2. The summed E-state index contributed by atoms with van der Waals surface area (Å²) in [5.74, 6) is 2.92. The molecule has 2 N–H and O–H groups in total. The van der Waals surface area contributed by atoms with Crippen LogP contribution in [0.5, 0.6) is 11.5 Å². The molecule has 1 aliphatic heterocycles. The summed E-state index contributed by atoms with van der Waals surface area (Å²) in [6.45, 7) is 2.25. The molecule has 1 fully saturated rings. The number of benzene rings is 2. The van der Waals surface area contributed by atoms with Crippen molar-refractivity contribution in [3.8, 4) is 11.5 Å². The highest BCUT2D eigenvalue weighted by atomic mass is 16.5. The van der Waals surface area contributed by atoms with Gasteiger partial charge in [-0.1, -0.05) is 6.07 Å². The Hall–Kier alpha value is -3.88. The van der Waals surface area contributed by atoms with Gasteiger partial charge in [0, 0.05) is 37.3 Å². The van der Waals surface area contributed by atoms with Crippen LogP contribution < -0.4 is 25.0 Å². The Balaban J connectivity index is 1.31. The number of hydrogen-bond acceptors (Lipinski definition) is 8. The smallest absolute Gasteiger partial charge is 0.251 e. The standard InChI is InChI=1S/C22H24N6O3/c1-23-20(29)16-4-3-5-17(10-16)26-21-24-14-25-22(27-21)28-11-15(12-28)13-31-19-8-6-18(30-2)7-9-19/h3-10,14-15H,11-13H2,1-2H3,(H,23,29)(H,24,25,26,27). The molecule has 160 valence electrons.